The summed E-state index contributed by atoms with van der Waals surface area (Å²) in [7, 11) is 0. The standard InChI is InChI=1S/C17H11Br2ClO/c18-10-11-5-6-12(19)9-17(11)21-16-8-7-15(20)13-3-1-2-4-14(13)16/h1-9H,10H2. The highest BCUT2D eigenvalue weighted by Gasteiger charge is 2.09. The van der Waals surface area contributed by atoms with Gasteiger partial charge in [0.15, 0.2) is 0 Å². The highest BCUT2D eigenvalue weighted by molar-refractivity contribution is 9.10. The van der Waals surface area contributed by atoms with E-state index in [0.717, 1.165) is 42.7 Å². The van der Waals surface area contributed by atoms with Crippen LogP contribution in [-0.4, -0.2) is 0 Å². The lowest BCUT2D eigenvalue weighted by atomic mass is 10.1. The molecule has 3 aromatic rings. The zero-order chi connectivity index (χ0) is 14.8. The van der Waals surface area contributed by atoms with Crippen molar-refractivity contribution in [1.82, 2.24) is 0 Å². The molecule has 3 rings (SSSR count). The molecule has 0 aromatic heterocycles. The molecular formula is C17H11Br2ClO. The Labute approximate surface area is 145 Å². The Morgan fingerprint density at radius 2 is 1.67 bits per heavy atom. The third-order valence-electron chi connectivity index (χ3n) is 3.22. The van der Waals surface area contributed by atoms with Crippen LogP contribution in [-0.2, 0) is 5.33 Å². The Balaban J connectivity index is 2.11. The Hall–Kier alpha value is -1.03. The van der Waals surface area contributed by atoms with E-state index in [1.165, 1.54) is 0 Å². The lowest BCUT2D eigenvalue weighted by Crippen LogP contribution is -1.91. The van der Waals surface area contributed by atoms with Crippen molar-refractivity contribution in [2.75, 3.05) is 0 Å². The largest absolute Gasteiger partial charge is 0.456 e. The molecule has 0 fully saturated rings. The molecule has 0 spiro atoms. The van der Waals surface area contributed by atoms with Crippen molar-refractivity contribution >= 4 is 54.2 Å². The summed E-state index contributed by atoms with van der Waals surface area (Å²) in [5.74, 6) is 1.63. The Bertz CT molecular complexity index is 802. The van der Waals surface area contributed by atoms with Crippen molar-refractivity contribution in [2.45, 2.75) is 5.33 Å². The van der Waals surface area contributed by atoms with Crippen molar-refractivity contribution in [1.29, 1.82) is 0 Å². The maximum Gasteiger partial charge on any atom is 0.135 e. The minimum atomic E-state index is 0.730. The highest BCUT2D eigenvalue weighted by atomic mass is 79.9. The Kier molecular flexibility index (Phi) is 4.53. The molecule has 0 unspecified atom stereocenters. The quantitative estimate of drug-likeness (QED) is 0.412. The molecule has 0 bridgehead atoms. The predicted octanol–water partition coefficient (Wildman–Crippen LogP) is 6.94. The normalized spacial score (nSPS) is 10.8. The van der Waals surface area contributed by atoms with Gasteiger partial charge in [0.2, 0.25) is 0 Å². The van der Waals surface area contributed by atoms with Crippen LogP contribution >= 0.6 is 43.5 Å². The number of ether oxygens (including phenoxy) is 1. The molecule has 0 saturated heterocycles. The van der Waals surface area contributed by atoms with E-state index in [1.54, 1.807) is 0 Å². The van der Waals surface area contributed by atoms with Crippen molar-refractivity contribution in [2.24, 2.45) is 0 Å². The molecule has 0 aliphatic heterocycles. The number of benzene rings is 3. The summed E-state index contributed by atoms with van der Waals surface area (Å²) in [5.41, 5.74) is 1.09. The first-order valence-electron chi connectivity index (χ1n) is 6.38. The first-order chi connectivity index (χ1) is 10.2. The van der Waals surface area contributed by atoms with Crippen LogP contribution in [0.15, 0.2) is 59.1 Å². The van der Waals surface area contributed by atoms with E-state index >= 15 is 0 Å². The molecule has 0 aliphatic rings. The van der Waals surface area contributed by atoms with Crippen LogP contribution in [0.3, 0.4) is 0 Å². The maximum absolute atomic E-state index is 6.25. The van der Waals surface area contributed by atoms with Gasteiger partial charge in [0.25, 0.3) is 0 Å². The van der Waals surface area contributed by atoms with Gasteiger partial charge in [-0.15, -0.1) is 0 Å². The fourth-order valence-corrected chi connectivity index (χ4v) is 3.21. The van der Waals surface area contributed by atoms with Crippen LogP contribution in [0.1, 0.15) is 5.56 Å². The molecule has 0 aliphatic carbocycles. The minimum Gasteiger partial charge on any atom is -0.456 e. The summed E-state index contributed by atoms with van der Waals surface area (Å²) in [5, 5.41) is 3.46. The molecule has 106 valence electrons. The second kappa shape index (κ2) is 6.39. The summed E-state index contributed by atoms with van der Waals surface area (Å²) in [4.78, 5) is 0. The SMILES string of the molecule is Clc1ccc(Oc2cc(Br)ccc2CBr)c2ccccc12. The third-order valence-corrected chi connectivity index (χ3v) is 4.65. The first-order valence-corrected chi connectivity index (χ1v) is 8.68. The van der Waals surface area contributed by atoms with E-state index in [1.807, 2.05) is 54.6 Å². The van der Waals surface area contributed by atoms with Crippen LogP contribution in [0, 0.1) is 0 Å². The second-order valence-corrected chi connectivity index (χ2v) is 6.46. The van der Waals surface area contributed by atoms with Gasteiger partial charge in [-0.3, -0.25) is 0 Å². The fraction of sp³-hybridized carbons (Fsp3) is 0.0588. The topological polar surface area (TPSA) is 9.23 Å². The van der Waals surface area contributed by atoms with E-state index in [-0.39, 0.29) is 0 Å². The number of alkyl halides is 1. The van der Waals surface area contributed by atoms with E-state index < -0.39 is 0 Å². The van der Waals surface area contributed by atoms with Gasteiger partial charge in [-0.25, -0.2) is 0 Å². The summed E-state index contributed by atoms with van der Waals surface area (Å²) in [6.07, 6.45) is 0. The van der Waals surface area contributed by atoms with E-state index in [9.17, 15) is 0 Å². The smallest absolute Gasteiger partial charge is 0.135 e. The number of hydrogen-bond donors (Lipinski definition) is 0. The van der Waals surface area contributed by atoms with Crippen molar-refractivity contribution < 1.29 is 4.74 Å². The summed E-state index contributed by atoms with van der Waals surface area (Å²) in [6.45, 7) is 0. The minimum absolute atomic E-state index is 0.730. The van der Waals surface area contributed by atoms with Crippen LogP contribution in [0.5, 0.6) is 11.5 Å². The van der Waals surface area contributed by atoms with Gasteiger partial charge in [0.1, 0.15) is 11.5 Å². The average Bonchev–Trinajstić information content (AvgIpc) is 2.51. The number of fused-ring (bicyclic) bond motifs is 1. The van der Waals surface area contributed by atoms with Crippen LogP contribution in [0.4, 0.5) is 0 Å². The summed E-state index contributed by atoms with van der Waals surface area (Å²) < 4.78 is 7.12. The van der Waals surface area contributed by atoms with Gasteiger partial charge in [0, 0.05) is 31.2 Å². The number of rotatable bonds is 3. The Morgan fingerprint density at radius 1 is 0.905 bits per heavy atom. The third kappa shape index (κ3) is 3.10. The summed E-state index contributed by atoms with van der Waals surface area (Å²) in [6, 6.07) is 17.8. The van der Waals surface area contributed by atoms with Crippen molar-refractivity contribution in [3.8, 4) is 11.5 Å². The average molecular weight is 427 g/mol. The van der Waals surface area contributed by atoms with Crippen LogP contribution in [0.2, 0.25) is 5.02 Å². The molecule has 0 heterocycles. The van der Waals surface area contributed by atoms with Crippen LogP contribution in [0.25, 0.3) is 10.8 Å². The summed E-state index contributed by atoms with van der Waals surface area (Å²) >= 11 is 13.2. The molecule has 3 aromatic carbocycles. The molecular weight excluding hydrogens is 415 g/mol. The van der Waals surface area contributed by atoms with Gasteiger partial charge < -0.3 is 4.74 Å². The van der Waals surface area contributed by atoms with E-state index in [0.29, 0.717) is 0 Å². The maximum atomic E-state index is 6.25. The molecule has 0 atom stereocenters. The number of hydrogen-bond acceptors (Lipinski definition) is 1. The lowest BCUT2D eigenvalue weighted by Gasteiger charge is -2.13. The first kappa shape index (κ1) is 14.9. The molecule has 0 radical (unpaired) electrons. The molecule has 0 N–H and O–H groups in total. The molecule has 1 nitrogen and oxygen atoms in total. The highest BCUT2D eigenvalue weighted by Crippen LogP contribution is 2.36. The van der Waals surface area contributed by atoms with E-state index in [2.05, 4.69) is 31.9 Å². The van der Waals surface area contributed by atoms with Gasteiger partial charge in [-0.05, 0) is 24.3 Å². The second-order valence-electron chi connectivity index (χ2n) is 4.58. The van der Waals surface area contributed by atoms with Crippen molar-refractivity contribution in [3.05, 3.63) is 69.7 Å². The number of halogens is 3. The predicted molar refractivity (Wildman–Crippen MR) is 95.8 cm³/mol. The monoisotopic (exact) mass is 424 g/mol. The van der Waals surface area contributed by atoms with Gasteiger partial charge in [-0.1, -0.05) is 73.8 Å². The van der Waals surface area contributed by atoms with Gasteiger partial charge in [-0.2, -0.15) is 0 Å². The lowest BCUT2D eigenvalue weighted by molar-refractivity contribution is 0.484. The van der Waals surface area contributed by atoms with E-state index in [4.69, 9.17) is 16.3 Å². The molecule has 0 amide bonds. The zero-order valence-electron chi connectivity index (χ0n) is 10.9. The van der Waals surface area contributed by atoms with Gasteiger partial charge in [0.05, 0.1) is 0 Å². The van der Waals surface area contributed by atoms with Gasteiger partial charge >= 0.3 is 0 Å². The molecule has 21 heavy (non-hydrogen) atoms. The van der Waals surface area contributed by atoms with Crippen molar-refractivity contribution in [3.63, 3.8) is 0 Å². The van der Waals surface area contributed by atoms with Crippen LogP contribution < -0.4 is 4.74 Å². The zero-order valence-corrected chi connectivity index (χ0v) is 14.9. The fourth-order valence-electron chi connectivity index (χ4n) is 2.18. The molecule has 4 heteroatoms. The Morgan fingerprint density at radius 3 is 2.43 bits per heavy atom. The molecule has 0 saturated carbocycles.